The van der Waals surface area contributed by atoms with E-state index in [1.807, 2.05) is 6.92 Å². The van der Waals surface area contributed by atoms with Crippen molar-refractivity contribution in [3.05, 3.63) is 149 Å². The number of benzene rings is 5. The van der Waals surface area contributed by atoms with Gasteiger partial charge < -0.3 is 33.2 Å². The zero-order valence-corrected chi connectivity index (χ0v) is 45.2. The first-order valence-electron chi connectivity index (χ1n) is 27.9. The van der Waals surface area contributed by atoms with E-state index in [1.165, 1.54) is 101 Å². The summed E-state index contributed by atoms with van der Waals surface area (Å²) in [6, 6.07) is 32.1. The van der Waals surface area contributed by atoms with Gasteiger partial charge in [0.25, 0.3) is 0 Å². The molecule has 12 nitrogen and oxygen atoms in total. The van der Waals surface area contributed by atoms with Gasteiger partial charge >= 0.3 is 29.8 Å². The van der Waals surface area contributed by atoms with Gasteiger partial charge in [-0.15, -0.1) is 0 Å². The summed E-state index contributed by atoms with van der Waals surface area (Å²) in [6.45, 7) is 7.72. The molecule has 0 aromatic heterocycles. The molecule has 5 aromatic rings. The van der Waals surface area contributed by atoms with Crippen molar-refractivity contribution in [2.24, 2.45) is 0 Å². The van der Waals surface area contributed by atoms with Crippen LogP contribution in [0, 0.1) is 0 Å². The van der Waals surface area contributed by atoms with Gasteiger partial charge in [0.2, 0.25) is 0 Å². The number of hydrogen-bond acceptors (Lipinski definition) is 12. The lowest BCUT2D eigenvalue weighted by Gasteiger charge is -2.13. The average Bonchev–Trinajstić information content (AvgIpc) is 3.43. The summed E-state index contributed by atoms with van der Waals surface area (Å²) >= 11 is 0. The van der Waals surface area contributed by atoms with Crippen LogP contribution in [0.5, 0.6) is 28.7 Å². The van der Waals surface area contributed by atoms with Gasteiger partial charge in [0, 0.05) is 0 Å². The van der Waals surface area contributed by atoms with Crippen LogP contribution in [0.15, 0.2) is 121 Å². The molecule has 12 heteroatoms. The summed E-state index contributed by atoms with van der Waals surface area (Å²) in [4.78, 5) is 63.6. The van der Waals surface area contributed by atoms with E-state index in [9.17, 15) is 24.0 Å². The third-order valence-corrected chi connectivity index (χ3v) is 12.9. The molecular weight excluding hydrogens is 961 g/mol. The van der Waals surface area contributed by atoms with E-state index in [-0.39, 0.29) is 29.8 Å². The number of unbranched alkanes of at least 4 members (excludes halogenated alkanes) is 18. The van der Waals surface area contributed by atoms with Gasteiger partial charge in [0.1, 0.15) is 28.7 Å². The Labute approximate surface area is 451 Å². The fourth-order valence-corrected chi connectivity index (χ4v) is 8.32. The molecule has 5 aromatic carbocycles. The molecule has 0 aliphatic carbocycles. The summed E-state index contributed by atoms with van der Waals surface area (Å²) < 4.78 is 39.3. The summed E-state index contributed by atoms with van der Waals surface area (Å²) in [6.07, 6.45) is 25.3. The van der Waals surface area contributed by atoms with Gasteiger partial charge in [-0.25, -0.2) is 24.0 Å². The monoisotopic (exact) mass is 1040 g/mol. The van der Waals surface area contributed by atoms with Crippen molar-refractivity contribution in [3.8, 4) is 28.7 Å². The van der Waals surface area contributed by atoms with Crippen LogP contribution in [-0.2, 0) is 9.47 Å². The zero-order chi connectivity index (χ0) is 54.0. The Kier molecular flexibility index (Phi) is 27.9. The molecule has 0 aliphatic rings. The SMILES string of the molecule is CCCCCCCCCCCCCCCOc1ccc(C(=O)Oc2ccc(C(=O)OCCCCCCOc3ccc(C(=O)Oc4ccc(C(=O)Oc5ccc(C(=O)OC(C)CCCCCC)cc5)cc4)cc3)cc2)cc1. The molecule has 0 amide bonds. The van der Waals surface area contributed by atoms with Crippen molar-refractivity contribution in [1.82, 2.24) is 0 Å². The average molecular weight is 1040 g/mol. The van der Waals surface area contributed by atoms with Crippen molar-refractivity contribution in [2.75, 3.05) is 19.8 Å². The molecule has 0 aliphatic heterocycles. The number of carbonyl (C=O) groups excluding carboxylic acids is 5. The normalized spacial score (nSPS) is 11.3. The molecule has 408 valence electrons. The highest BCUT2D eigenvalue weighted by atomic mass is 16.6. The first-order valence-corrected chi connectivity index (χ1v) is 27.9. The maximum Gasteiger partial charge on any atom is 0.343 e. The summed E-state index contributed by atoms with van der Waals surface area (Å²) in [5.41, 5.74) is 1.73. The maximum absolute atomic E-state index is 12.8. The van der Waals surface area contributed by atoms with Crippen LogP contribution in [0.3, 0.4) is 0 Å². The Balaban J connectivity index is 0.872. The van der Waals surface area contributed by atoms with E-state index in [0.717, 1.165) is 63.5 Å². The van der Waals surface area contributed by atoms with Crippen LogP contribution in [0.1, 0.15) is 214 Å². The molecule has 76 heavy (non-hydrogen) atoms. The third kappa shape index (κ3) is 23.3. The predicted molar refractivity (Wildman–Crippen MR) is 296 cm³/mol. The lowest BCUT2D eigenvalue weighted by Crippen LogP contribution is -2.15. The van der Waals surface area contributed by atoms with E-state index in [4.69, 9.17) is 33.2 Å². The van der Waals surface area contributed by atoms with Crippen molar-refractivity contribution >= 4 is 29.8 Å². The number of esters is 5. The maximum atomic E-state index is 12.8. The number of hydrogen-bond donors (Lipinski definition) is 0. The van der Waals surface area contributed by atoms with Crippen LogP contribution in [0.4, 0.5) is 0 Å². The van der Waals surface area contributed by atoms with Crippen LogP contribution >= 0.6 is 0 Å². The second kappa shape index (κ2) is 35.3. The molecule has 0 N–H and O–H groups in total. The highest BCUT2D eigenvalue weighted by molar-refractivity contribution is 5.94. The van der Waals surface area contributed by atoms with E-state index in [0.29, 0.717) is 53.4 Å². The van der Waals surface area contributed by atoms with Crippen LogP contribution in [0.2, 0.25) is 0 Å². The van der Waals surface area contributed by atoms with Crippen molar-refractivity contribution in [1.29, 1.82) is 0 Å². The molecule has 0 fully saturated rings. The number of carbonyl (C=O) groups is 5. The van der Waals surface area contributed by atoms with Crippen LogP contribution in [0.25, 0.3) is 0 Å². The Morgan fingerprint density at radius 1 is 0.316 bits per heavy atom. The molecule has 0 spiro atoms. The van der Waals surface area contributed by atoms with E-state index in [1.54, 1.807) is 97.1 Å². The molecule has 5 rings (SSSR count). The summed E-state index contributed by atoms with van der Waals surface area (Å²) in [5, 5.41) is 0. The molecule has 0 bridgehead atoms. The lowest BCUT2D eigenvalue weighted by molar-refractivity contribution is 0.0318. The van der Waals surface area contributed by atoms with Gasteiger partial charge in [0.15, 0.2) is 0 Å². The zero-order valence-electron chi connectivity index (χ0n) is 45.2. The molecule has 0 heterocycles. The molecular formula is C64H80O12. The van der Waals surface area contributed by atoms with Crippen LogP contribution in [-0.4, -0.2) is 55.8 Å². The topological polar surface area (TPSA) is 150 Å². The molecule has 1 atom stereocenters. The fraction of sp³-hybridized carbons (Fsp3) is 0.453. The first-order chi connectivity index (χ1) is 37.1. The Morgan fingerprint density at radius 2 is 0.592 bits per heavy atom. The fourth-order valence-electron chi connectivity index (χ4n) is 8.32. The van der Waals surface area contributed by atoms with Gasteiger partial charge in [-0.3, -0.25) is 0 Å². The van der Waals surface area contributed by atoms with E-state index < -0.39 is 29.8 Å². The highest BCUT2D eigenvalue weighted by Gasteiger charge is 2.16. The third-order valence-electron chi connectivity index (χ3n) is 12.9. The minimum Gasteiger partial charge on any atom is -0.494 e. The highest BCUT2D eigenvalue weighted by Crippen LogP contribution is 2.22. The Hall–Kier alpha value is -6.95. The van der Waals surface area contributed by atoms with E-state index >= 15 is 0 Å². The Bertz CT molecular complexity index is 2450. The van der Waals surface area contributed by atoms with Crippen molar-refractivity contribution in [3.63, 3.8) is 0 Å². The smallest absolute Gasteiger partial charge is 0.343 e. The van der Waals surface area contributed by atoms with Gasteiger partial charge in [-0.1, -0.05) is 110 Å². The number of ether oxygens (including phenoxy) is 7. The van der Waals surface area contributed by atoms with Crippen molar-refractivity contribution < 1.29 is 57.1 Å². The molecule has 0 radical (unpaired) electrons. The number of rotatable bonds is 37. The minimum absolute atomic E-state index is 0.179. The second-order valence-corrected chi connectivity index (χ2v) is 19.3. The van der Waals surface area contributed by atoms with Gasteiger partial charge in [-0.05, 0) is 173 Å². The van der Waals surface area contributed by atoms with Crippen LogP contribution < -0.4 is 23.7 Å². The largest absolute Gasteiger partial charge is 0.494 e. The second-order valence-electron chi connectivity index (χ2n) is 19.3. The quantitative estimate of drug-likeness (QED) is 0.0212. The predicted octanol–water partition coefficient (Wildman–Crippen LogP) is 16.1. The van der Waals surface area contributed by atoms with Gasteiger partial charge in [-0.2, -0.15) is 0 Å². The first kappa shape index (κ1) is 59.9. The summed E-state index contributed by atoms with van der Waals surface area (Å²) in [7, 11) is 0. The summed E-state index contributed by atoms with van der Waals surface area (Å²) in [5.74, 6) is -0.342. The minimum atomic E-state index is -0.605. The standard InChI is InChI=1S/C64H80O12/c1-4-6-8-10-11-12-13-14-15-16-17-18-22-46-70-55-36-26-52(27-37-55)62(67)74-57-40-30-50(31-41-57)60(65)72-48-24-20-19-23-47-71-56-38-28-53(29-39-56)63(68)75-59-44-34-54(35-45-59)64(69)76-58-42-32-51(33-43-58)61(66)73-49(3)25-21-9-7-5-2/h26-45,49H,4-25,46-48H2,1-3H3. The molecule has 1 unspecified atom stereocenters. The lowest BCUT2D eigenvalue weighted by atomic mass is 10.0. The molecule has 0 saturated carbocycles. The van der Waals surface area contributed by atoms with Crippen molar-refractivity contribution in [2.45, 2.75) is 168 Å². The molecule has 0 saturated heterocycles. The van der Waals surface area contributed by atoms with E-state index in [2.05, 4.69) is 13.8 Å². The Morgan fingerprint density at radius 3 is 0.947 bits per heavy atom. The van der Waals surface area contributed by atoms with Gasteiger partial charge in [0.05, 0.1) is 53.7 Å².